The minimum Gasteiger partial charge on any atom is -1.00 e. The quantitative estimate of drug-likeness (QED) is 0.397. The molecule has 0 atom stereocenters. The number of halogens is 1. The molecule has 4 nitrogen and oxygen atoms in total. The van der Waals surface area contributed by atoms with Crippen molar-refractivity contribution in [3.8, 4) is 0 Å². The van der Waals surface area contributed by atoms with Gasteiger partial charge in [0.2, 0.25) is 0 Å². The molecule has 0 spiro atoms. The lowest BCUT2D eigenvalue weighted by atomic mass is 10.3. The normalized spacial score (nSPS) is 11.1. The summed E-state index contributed by atoms with van der Waals surface area (Å²) in [4.78, 5) is 0. The second kappa shape index (κ2) is 9.86. The van der Waals surface area contributed by atoms with Crippen LogP contribution in [-0.2, 0) is 0 Å². The van der Waals surface area contributed by atoms with Crippen molar-refractivity contribution in [1.29, 1.82) is 0 Å². The standard InChI is InChI=1S/C9H22NO3.BrH/c1-2-3-10(4-7-11,5-8-12)6-9-13;/h11-13H,2-9H2,1H3;1H/q+1;/p-1. The summed E-state index contributed by atoms with van der Waals surface area (Å²) in [7, 11) is 0. The number of aliphatic hydroxyl groups excluding tert-OH is 3. The molecule has 0 aromatic heterocycles. The molecule has 88 valence electrons. The smallest absolute Gasteiger partial charge is 0.102 e. The van der Waals surface area contributed by atoms with Crippen LogP contribution >= 0.6 is 0 Å². The topological polar surface area (TPSA) is 60.7 Å². The van der Waals surface area contributed by atoms with Gasteiger partial charge in [0.05, 0.1) is 26.4 Å². The Balaban J connectivity index is 0. The van der Waals surface area contributed by atoms with Crippen LogP contribution in [0.5, 0.6) is 0 Å². The fraction of sp³-hybridized carbons (Fsp3) is 1.00. The second-order valence-corrected chi connectivity index (χ2v) is 3.41. The van der Waals surface area contributed by atoms with Crippen LogP contribution in [0.2, 0.25) is 0 Å². The molecular weight excluding hydrogens is 250 g/mol. The van der Waals surface area contributed by atoms with Crippen molar-refractivity contribution in [3.63, 3.8) is 0 Å². The zero-order valence-electron chi connectivity index (χ0n) is 8.82. The van der Waals surface area contributed by atoms with Gasteiger partial charge in [-0.05, 0) is 6.42 Å². The first-order valence-electron chi connectivity index (χ1n) is 4.92. The van der Waals surface area contributed by atoms with Crippen LogP contribution in [-0.4, -0.2) is 65.8 Å². The molecule has 0 saturated heterocycles. The lowest BCUT2D eigenvalue weighted by Gasteiger charge is -2.37. The van der Waals surface area contributed by atoms with Crippen LogP contribution in [0.15, 0.2) is 0 Å². The van der Waals surface area contributed by atoms with E-state index in [1.54, 1.807) is 0 Å². The molecular formula is C9H22BrNO3. The fourth-order valence-electron chi connectivity index (χ4n) is 1.78. The molecule has 0 heterocycles. The van der Waals surface area contributed by atoms with E-state index in [1.807, 2.05) is 0 Å². The maximum atomic E-state index is 8.90. The van der Waals surface area contributed by atoms with Gasteiger partial charge in [-0.25, -0.2) is 0 Å². The Morgan fingerprint density at radius 3 is 1.36 bits per heavy atom. The lowest BCUT2D eigenvalue weighted by molar-refractivity contribution is -0.929. The first-order valence-corrected chi connectivity index (χ1v) is 4.92. The Hall–Kier alpha value is 0.320. The maximum absolute atomic E-state index is 8.90. The van der Waals surface area contributed by atoms with E-state index >= 15 is 0 Å². The van der Waals surface area contributed by atoms with Gasteiger partial charge in [0, 0.05) is 0 Å². The van der Waals surface area contributed by atoms with Gasteiger partial charge < -0.3 is 36.8 Å². The first kappa shape index (κ1) is 16.7. The minimum atomic E-state index is 0. The van der Waals surface area contributed by atoms with Crippen molar-refractivity contribution >= 4 is 0 Å². The average Bonchev–Trinajstić information content (AvgIpc) is 2.06. The highest BCUT2D eigenvalue weighted by Crippen LogP contribution is 2.06. The molecule has 0 unspecified atom stereocenters. The summed E-state index contributed by atoms with van der Waals surface area (Å²) in [5.74, 6) is 0. The number of quaternary nitrogens is 1. The number of aliphatic hydroxyl groups is 3. The molecule has 0 fully saturated rings. The highest BCUT2D eigenvalue weighted by atomic mass is 79.9. The Morgan fingerprint density at radius 1 is 0.786 bits per heavy atom. The van der Waals surface area contributed by atoms with Crippen LogP contribution in [0.4, 0.5) is 0 Å². The summed E-state index contributed by atoms with van der Waals surface area (Å²) in [6, 6.07) is 0. The van der Waals surface area contributed by atoms with Gasteiger partial charge in [-0.3, -0.25) is 0 Å². The molecule has 0 rings (SSSR count). The van der Waals surface area contributed by atoms with Gasteiger partial charge in [-0.1, -0.05) is 6.92 Å². The highest BCUT2D eigenvalue weighted by molar-refractivity contribution is 4.44. The summed E-state index contributed by atoms with van der Waals surface area (Å²) in [6.45, 7) is 5.17. The predicted octanol–water partition coefficient (Wildman–Crippen LogP) is -3.81. The summed E-state index contributed by atoms with van der Waals surface area (Å²) >= 11 is 0. The van der Waals surface area contributed by atoms with Gasteiger partial charge in [0.15, 0.2) is 0 Å². The lowest BCUT2D eigenvalue weighted by Crippen LogP contribution is -3.00. The van der Waals surface area contributed by atoms with Gasteiger partial charge in [-0.15, -0.1) is 0 Å². The molecule has 0 aliphatic heterocycles. The van der Waals surface area contributed by atoms with E-state index < -0.39 is 0 Å². The van der Waals surface area contributed by atoms with Crippen LogP contribution in [0.3, 0.4) is 0 Å². The summed E-state index contributed by atoms with van der Waals surface area (Å²) < 4.78 is 0.625. The molecule has 5 heteroatoms. The number of nitrogens with zero attached hydrogens (tertiary/aromatic N) is 1. The van der Waals surface area contributed by atoms with Gasteiger partial charge in [0.25, 0.3) is 0 Å². The third kappa shape index (κ3) is 5.93. The predicted molar refractivity (Wildman–Crippen MR) is 51.3 cm³/mol. The third-order valence-electron chi connectivity index (χ3n) is 2.42. The molecule has 3 N–H and O–H groups in total. The minimum absolute atomic E-state index is 0. The van der Waals surface area contributed by atoms with E-state index in [9.17, 15) is 0 Å². The second-order valence-electron chi connectivity index (χ2n) is 3.41. The summed E-state index contributed by atoms with van der Waals surface area (Å²) in [5.41, 5.74) is 0. The first-order chi connectivity index (χ1) is 6.24. The number of hydrogen-bond donors (Lipinski definition) is 3. The van der Waals surface area contributed by atoms with Gasteiger partial charge in [0.1, 0.15) is 19.6 Å². The molecule has 14 heavy (non-hydrogen) atoms. The molecule has 0 saturated carbocycles. The van der Waals surface area contributed by atoms with E-state index in [0.717, 1.165) is 13.0 Å². The van der Waals surface area contributed by atoms with Crippen molar-refractivity contribution in [1.82, 2.24) is 0 Å². The fourth-order valence-corrected chi connectivity index (χ4v) is 1.78. The van der Waals surface area contributed by atoms with E-state index in [2.05, 4.69) is 6.92 Å². The molecule has 0 amide bonds. The zero-order valence-corrected chi connectivity index (χ0v) is 10.4. The largest absolute Gasteiger partial charge is 1.00 e. The van der Waals surface area contributed by atoms with Crippen molar-refractivity contribution in [2.24, 2.45) is 0 Å². The van der Waals surface area contributed by atoms with Crippen LogP contribution in [0.25, 0.3) is 0 Å². The third-order valence-corrected chi connectivity index (χ3v) is 2.42. The van der Waals surface area contributed by atoms with Crippen LogP contribution in [0.1, 0.15) is 13.3 Å². The zero-order chi connectivity index (χ0) is 10.2. The van der Waals surface area contributed by atoms with Crippen molar-refractivity contribution in [3.05, 3.63) is 0 Å². The van der Waals surface area contributed by atoms with E-state index in [4.69, 9.17) is 15.3 Å². The molecule has 0 bridgehead atoms. The van der Waals surface area contributed by atoms with E-state index in [0.29, 0.717) is 24.1 Å². The van der Waals surface area contributed by atoms with Crippen LogP contribution in [0, 0.1) is 0 Å². The molecule has 0 aromatic carbocycles. The van der Waals surface area contributed by atoms with E-state index in [1.165, 1.54) is 0 Å². The monoisotopic (exact) mass is 271 g/mol. The van der Waals surface area contributed by atoms with Crippen molar-refractivity contribution in [2.45, 2.75) is 13.3 Å². The number of rotatable bonds is 8. The average molecular weight is 272 g/mol. The SMILES string of the molecule is CCC[N+](CCO)(CCO)CCO.[Br-]. The van der Waals surface area contributed by atoms with Crippen molar-refractivity contribution in [2.75, 3.05) is 46.0 Å². The van der Waals surface area contributed by atoms with Crippen LogP contribution < -0.4 is 17.0 Å². The molecule has 0 aromatic rings. The summed E-state index contributed by atoms with van der Waals surface area (Å²) in [5, 5.41) is 26.7. The molecule has 0 aliphatic rings. The molecule has 0 radical (unpaired) electrons. The van der Waals surface area contributed by atoms with Crippen molar-refractivity contribution < 1.29 is 36.8 Å². The van der Waals surface area contributed by atoms with E-state index in [-0.39, 0.29) is 36.8 Å². The number of hydrogen-bond acceptors (Lipinski definition) is 3. The Labute approximate surface area is 96.5 Å². The van der Waals surface area contributed by atoms with Gasteiger partial charge >= 0.3 is 0 Å². The Bertz CT molecular complexity index is 95.1. The maximum Gasteiger partial charge on any atom is 0.102 e. The Morgan fingerprint density at radius 2 is 1.14 bits per heavy atom. The highest BCUT2D eigenvalue weighted by Gasteiger charge is 2.24. The molecule has 0 aliphatic carbocycles. The summed E-state index contributed by atoms with van der Waals surface area (Å²) in [6.07, 6.45) is 1.00. The Kier molecular flexibility index (Phi) is 11.8. The van der Waals surface area contributed by atoms with Gasteiger partial charge in [-0.2, -0.15) is 0 Å².